The number of likely N-dealkylation sites (tertiary alicyclic amines) is 1. The Balaban J connectivity index is 2.04. The van der Waals surface area contributed by atoms with E-state index in [4.69, 9.17) is 9.47 Å². The number of quaternary nitrogens is 1. The van der Waals surface area contributed by atoms with E-state index in [0.29, 0.717) is 65.3 Å². The molecule has 1 atom stereocenters. The van der Waals surface area contributed by atoms with Gasteiger partial charge in [0.15, 0.2) is 0 Å². The van der Waals surface area contributed by atoms with Gasteiger partial charge in [-0.2, -0.15) is 0 Å². The third-order valence-electron chi connectivity index (χ3n) is 5.02. The highest BCUT2D eigenvalue weighted by Crippen LogP contribution is 2.26. The molecule has 1 aliphatic heterocycles. The lowest BCUT2D eigenvalue weighted by Gasteiger charge is -2.27. The molecule has 2 amide bonds. The first kappa shape index (κ1) is 25.8. The summed E-state index contributed by atoms with van der Waals surface area (Å²) in [6.45, 7) is 8.73. The second-order valence-electron chi connectivity index (χ2n) is 9.71. The van der Waals surface area contributed by atoms with Crippen molar-refractivity contribution in [2.75, 3.05) is 73.7 Å². The molecule has 1 rings (SSSR count). The van der Waals surface area contributed by atoms with Crippen LogP contribution < -0.4 is 5.32 Å². The minimum Gasteiger partial charge on any atom is -0.391 e. The van der Waals surface area contributed by atoms with E-state index in [1.807, 2.05) is 13.8 Å². The SMILES string of the molecule is CC(C)(CCNC(=O)CCOCCOCC[N+](C)(C)C)CC(=O)N1CCC(O)C1. The second kappa shape index (κ2) is 12.5. The number of hydrogen-bond donors (Lipinski definition) is 2. The molecular weight excluding hydrogens is 374 g/mol. The molecule has 0 radical (unpaired) electrons. The highest BCUT2D eigenvalue weighted by molar-refractivity contribution is 5.77. The predicted octanol–water partition coefficient (Wildman–Crippen LogP) is 0.632. The van der Waals surface area contributed by atoms with E-state index >= 15 is 0 Å². The maximum atomic E-state index is 12.3. The van der Waals surface area contributed by atoms with E-state index < -0.39 is 6.10 Å². The van der Waals surface area contributed by atoms with Crippen LogP contribution in [0.3, 0.4) is 0 Å². The zero-order valence-corrected chi connectivity index (χ0v) is 19.0. The molecule has 2 N–H and O–H groups in total. The first-order valence-electron chi connectivity index (χ1n) is 10.7. The van der Waals surface area contributed by atoms with Crippen LogP contribution in [-0.4, -0.2) is 106 Å². The fourth-order valence-electron chi connectivity index (χ4n) is 3.03. The largest absolute Gasteiger partial charge is 0.391 e. The Kier molecular flexibility index (Phi) is 11.1. The summed E-state index contributed by atoms with van der Waals surface area (Å²) < 4.78 is 11.8. The van der Waals surface area contributed by atoms with Gasteiger partial charge in [0.05, 0.1) is 53.7 Å². The molecule has 8 heteroatoms. The van der Waals surface area contributed by atoms with Crippen molar-refractivity contribution in [1.29, 1.82) is 0 Å². The predicted molar refractivity (Wildman–Crippen MR) is 112 cm³/mol. The Bertz CT molecular complexity index is 505. The van der Waals surface area contributed by atoms with Crippen molar-refractivity contribution < 1.29 is 28.7 Å². The molecule has 1 heterocycles. The van der Waals surface area contributed by atoms with Gasteiger partial charge in [-0.25, -0.2) is 0 Å². The number of carbonyl (C=O) groups is 2. The van der Waals surface area contributed by atoms with Crippen LogP contribution in [0.4, 0.5) is 0 Å². The molecule has 29 heavy (non-hydrogen) atoms. The van der Waals surface area contributed by atoms with Gasteiger partial charge in [-0.05, 0) is 18.3 Å². The van der Waals surface area contributed by atoms with Gasteiger partial charge in [-0.1, -0.05) is 13.8 Å². The van der Waals surface area contributed by atoms with Crippen molar-refractivity contribution in [3.63, 3.8) is 0 Å². The van der Waals surface area contributed by atoms with Crippen LogP contribution >= 0.6 is 0 Å². The van der Waals surface area contributed by atoms with Crippen molar-refractivity contribution in [3.8, 4) is 0 Å². The molecule has 0 aromatic heterocycles. The van der Waals surface area contributed by atoms with Gasteiger partial charge in [0.25, 0.3) is 0 Å². The topological polar surface area (TPSA) is 88.1 Å². The normalized spacial score (nSPS) is 17.6. The number of amides is 2. The highest BCUT2D eigenvalue weighted by Gasteiger charge is 2.29. The second-order valence-corrected chi connectivity index (χ2v) is 9.71. The number of nitrogens with one attached hydrogen (secondary N) is 1. The van der Waals surface area contributed by atoms with Crippen LogP contribution in [0, 0.1) is 5.41 Å². The number of rotatable bonds is 14. The molecule has 8 nitrogen and oxygen atoms in total. The van der Waals surface area contributed by atoms with E-state index in [0.717, 1.165) is 17.4 Å². The molecule has 1 fully saturated rings. The van der Waals surface area contributed by atoms with Gasteiger partial charge in [0.2, 0.25) is 11.8 Å². The minimum absolute atomic E-state index is 0.0410. The summed E-state index contributed by atoms with van der Waals surface area (Å²) >= 11 is 0. The van der Waals surface area contributed by atoms with Crippen molar-refractivity contribution in [1.82, 2.24) is 10.2 Å². The van der Waals surface area contributed by atoms with Gasteiger partial charge < -0.3 is 29.3 Å². The quantitative estimate of drug-likeness (QED) is 0.320. The van der Waals surface area contributed by atoms with Gasteiger partial charge in [0.1, 0.15) is 6.54 Å². The van der Waals surface area contributed by atoms with Gasteiger partial charge in [-0.3, -0.25) is 9.59 Å². The zero-order valence-electron chi connectivity index (χ0n) is 19.0. The monoisotopic (exact) mass is 416 g/mol. The molecule has 0 spiro atoms. The van der Waals surface area contributed by atoms with Crippen molar-refractivity contribution in [3.05, 3.63) is 0 Å². The molecule has 170 valence electrons. The Hall–Kier alpha value is -1.22. The van der Waals surface area contributed by atoms with Crippen molar-refractivity contribution >= 4 is 11.8 Å². The number of carbonyl (C=O) groups excluding carboxylic acids is 2. The zero-order chi connectivity index (χ0) is 21.9. The molecule has 0 aliphatic carbocycles. The van der Waals surface area contributed by atoms with Crippen LogP contribution in [0.1, 0.15) is 39.5 Å². The van der Waals surface area contributed by atoms with Crippen LogP contribution in [0.5, 0.6) is 0 Å². The lowest BCUT2D eigenvalue weighted by molar-refractivity contribution is -0.870. The van der Waals surface area contributed by atoms with Gasteiger partial charge in [-0.15, -0.1) is 0 Å². The fraction of sp³-hybridized carbons (Fsp3) is 0.905. The maximum Gasteiger partial charge on any atom is 0.223 e. The summed E-state index contributed by atoms with van der Waals surface area (Å²) in [5.41, 5.74) is -0.197. The van der Waals surface area contributed by atoms with Crippen LogP contribution in [0.15, 0.2) is 0 Å². The van der Waals surface area contributed by atoms with Crippen LogP contribution in [-0.2, 0) is 19.1 Å². The van der Waals surface area contributed by atoms with Gasteiger partial charge in [0, 0.05) is 32.5 Å². The van der Waals surface area contributed by atoms with Gasteiger partial charge >= 0.3 is 0 Å². The summed E-state index contributed by atoms with van der Waals surface area (Å²) in [4.78, 5) is 26.0. The number of nitrogens with zero attached hydrogens (tertiary/aromatic N) is 2. The van der Waals surface area contributed by atoms with E-state index in [1.54, 1.807) is 4.90 Å². The number of β-amino-alcohol motifs (C(OH)–C–C–N with tert-alkyl or cyclic N) is 1. The molecule has 1 aliphatic rings. The number of aliphatic hydroxyl groups is 1. The summed E-state index contributed by atoms with van der Waals surface area (Å²) in [5, 5.41) is 12.5. The van der Waals surface area contributed by atoms with E-state index in [2.05, 4.69) is 26.5 Å². The third-order valence-corrected chi connectivity index (χ3v) is 5.02. The molecule has 0 saturated carbocycles. The molecule has 0 aromatic rings. The Morgan fingerprint density at radius 3 is 2.38 bits per heavy atom. The van der Waals surface area contributed by atoms with Crippen LogP contribution in [0.2, 0.25) is 0 Å². The molecule has 1 saturated heterocycles. The average Bonchev–Trinajstić information content (AvgIpc) is 3.02. The summed E-state index contributed by atoms with van der Waals surface area (Å²) in [5.74, 6) is 0.0377. The minimum atomic E-state index is -0.391. The summed E-state index contributed by atoms with van der Waals surface area (Å²) in [6.07, 6.45) is 1.74. The summed E-state index contributed by atoms with van der Waals surface area (Å²) in [6, 6.07) is 0. The Morgan fingerprint density at radius 1 is 1.14 bits per heavy atom. The lowest BCUT2D eigenvalue weighted by atomic mass is 9.85. The lowest BCUT2D eigenvalue weighted by Crippen LogP contribution is -2.37. The maximum absolute atomic E-state index is 12.3. The van der Waals surface area contributed by atoms with Crippen molar-refractivity contribution in [2.24, 2.45) is 5.41 Å². The molecule has 1 unspecified atom stereocenters. The molecule has 0 bridgehead atoms. The first-order valence-corrected chi connectivity index (χ1v) is 10.7. The first-order chi connectivity index (χ1) is 13.5. The third kappa shape index (κ3) is 12.8. The summed E-state index contributed by atoms with van der Waals surface area (Å²) in [7, 11) is 6.36. The van der Waals surface area contributed by atoms with E-state index in [1.165, 1.54) is 0 Å². The van der Waals surface area contributed by atoms with E-state index in [9.17, 15) is 14.7 Å². The fourth-order valence-corrected chi connectivity index (χ4v) is 3.03. The van der Waals surface area contributed by atoms with E-state index in [-0.39, 0.29) is 17.2 Å². The number of ether oxygens (including phenoxy) is 2. The van der Waals surface area contributed by atoms with Crippen LogP contribution in [0.25, 0.3) is 0 Å². The smallest absolute Gasteiger partial charge is 0.223 e. The Morgan fingerprint density at radius 2 is 1.79 bits per heavy atom. The number of likely N-dealkylation sites (N-methyl/N-ethyl adjacent to an activating group) is 1. The standard InChI is InChI=1S/C21H41N3O5/c1-21(2,16-20(27)23-10-6-18(25)17-23)8-9-22-19(26)7-12-28-14-15-29-13-11-24(3,4)5/h18,25H,6-17H2,1-5H3/p+1. The molecular formula is C21H42N3O5+. The number of aliphatic hydroxyl groups excluding tert-OH is 1. The Labute approximate surface area is 176 Å². The molecule has 0 aromatic carbocycles. The average molecular weight is 417 g/mol. The number of hydrogen-bond acceptors (Lipinski definition) is 5. The highest BCUT2D eigenvalue weighted by atomic mass is 16.5. The van der Waals surface area contributed by atoms with Crippen molar-refractivity contribution in [2.45, 2.75) is 45.6 Å².